The summed E-state index contributed by atoms with van der Waals surface area (Å²) in [5, 5.41) is 22.2. The maximum atomic E-state index is 12.2. The summed E-state index contributed by atoms with van der Waals surface area (Å²) >= 11 is 0. The minimum atomic E-state index is -0.0530. The van der Waals surface area contributed by atoms with Gasteiger partial charge in [-0.2, -0.15) is 0 Å². The van der Waals surface area contributed by atoms with Crippen LogP contribution in [0, 0.1) is 0 Å². The summed E-state index contributed by atoms with van der Waals surface area (Å²) in [6, 6.07) is 10.2. The van der Waals surface area contributed by atoms with Crippen LogP contribution in [0.25, 0.3) is 0 Å². The van der Waals surface area contributed by atoms with Crippen LogP contribution in [0.3, 0.4) is 0 Å². The molecule has 1 aliphatic heterocycles. The van der Waals surface area contributed by atoms with Crippen LogP contribution in [0.4, 0.5) is 5.69 Å². The van der Waals surface area contributed by atoms with Crippen LogP contribution in [0.15, 0.2) is 48.7 Å². The Kier molecular flexibility index (Phi) is 3.59. The Morgan fingerprint density at radius 3 is 2.73 bits per heavy atom. The van der Waals surface area contributed by atoms with E-state index in [0.717, 1.165) is 28.9 Å². The Balaban J connectivity index is 1.70. The number of fused-ring (bicyclic) bond motifs is 1. The number of rotatable bonds is 4. The summed E-state index contributed by atoms with van der Waals surface area (Å²) in [4.78, 5) is 12.2. The number of nitrogens with one attached hydrogen (secondary N) is 1. The molecule has 0 unspecified atom stereocenters. The highest BCUT2D eigenvalue weighted by atomic mass is 16.3. The first-order chi connectivity index (χ1) is 10.5. The monoisotopic (exact) mass is 295 g/mol. The van der Waals surface area contributed by atoms with Gasteiger partial charge in [0.1, 0.15) is 17.3 Å². The van der Waals surface area contributed by atoms with E-state index in [1.54, 1.807) is 6.07 Å². The van der Waals surface area contributed by atoms with Gasteiger partial charge in [0.25, 0.3) is 0 Å². The van der Waals surface area contributed by atoms with Gasteiger partial charge in [-0.3, -0.25) is 4.79 Å². The molecular weight excluding hydrogens is 278 g/mol. The molecule has 1 heterocycles. The Labute approximate surface area is 128 Å². The van der Waals surface area contributed by atoms with Crippen molar-refractivity contribution in [3.63, 3.8) is 0 Å². The van der Waals surface area contributed by atoms with Crippen LogP contribution in [-0.2, 0) is 24.1 Å². The number of benzene rings is 2. The number of anilines is 1. The number of carbonyl (C=O) groups is 1. The Morgan fingerprint density at radius 1 is 1.14 bits per heavy atom. The van der Waals surface area contributed by atoms with Gasteiger partial charge in [0.15, 0.2) is 0 Å². The molecule has 0 amide bonds. The van der Waals surface area contributed by atoms with Crippen molar-refractivity contribution in [3.05, 3.63) is 65.4 Å². The SMILES string of the molecule is C=C1Cc2cc(CC(=O)Cc3ccc(O)cc3O)ccc2N1. The number of hydrogen-bond acceptors (Lipinski definition) is 4. The third-order valence-electron chi connectivity index (χ3n) is 3.74. The number of allylic oxidation sites excluding steroid dienone is 1. The molecule has 3 rings (SSSR count). The predicted octanol–water partition coefficient (Wildman–Crippen LogP) is 2.93. The average molecular weight is 295 g/mol. The number of phenols is 2. The van der Waals surface area contributed by atoms with E-state index in [9.17, 15) is 15.0 Å². The van der Waals surface area contributed by atoms with Gasteiger partial charge in [-0.05, 0) is 23.3 Å². The molecule has 1 aliphatic rings. The van der Waals surface area contributed by atoms with Gasteiger partial charge in [0.2, 0.25) is 0 Å². The van der Waals surface area contributed by atoms with E-state index in [2.05, 4.69) is 11.9 Å². The standard InChI is InChI=1S/C18H17NO3/c1-11-6-14-7-12(2-5-17(14)19-11)8-16(21)9-13-3-4-15(20)10-18(13)22/h2-5,7,10,19-20,22H,1,6,8-9H2. The van der Waals surface area contributed by atoms with Crippen molar-refractivity contribution in [2.24, 2.45) is 0 Å². The van der Waals surface area contributed by atoms with Crippen molar-refractivity contribution in [1.82, 2.24) is 0 Å². The van der Waals surface area contributed by atoms with E-state index in [1.807, 2.05) is 18.2 Å². The Morgan fingerprint density at radius 2 is 1.95 bits per heavy atom. The molecule has 0 aliphatic carbocycles. The van der Waals surface area contributed by atoms with Gasteiger partial charge in [-0.25, -0.2) is 0 Å². The van der Waals surface area contributed by atoms with Crippen molar-refractivity contribution >= 4 is 11.5 Å². The smallest absolute Gasteiger partial charge is 0.141 e. The van der Waals surface area contributed by atoms with Crippen LogP contribution in [0.5, 0.6) is 11.5 Å². The molecule has 4 nitrogen and oxygen atoms in total. The molecule has 0 saturated heterocycles. The minimum absolute atomic E-state index is 0.0138. The van der Waals surface area contributed by atoms with Gasteiger partial charge in [-0.15, -0.1) is 0 Å². The van der Waals surface area contributed by atoms with Gasteiger partial charge >= 0.3 is 0 Å². The molecule has 0 bridgehead atoms. The summed E-state index contributed by atoms with van der Waals surface area (Å²) < 4.78 is 0. The minimum Gasteiger partial charge on any atom is -0.508 e. The molecule has 2 aromatic carbocycles. The van der Waals surface area contributed by atoms with Crippen LogP contribution >= 0.6 is 0 Å². The van der Waals surface area contributed by atoms with Crippen LogP contribution in [-0.4, -0.2) is 16.0 Å². The van der Waals surface area contributed by atoms with E-state index in [1.165, 1.54) is 12.1 Å². The Bertz CT molecular complexity index is 765. The van der Waals surface area contributed by atoms with Crippen molar-refractivity contribution in [3.8, 4) is 11.5 Å². The van der Waals surface area contributed by atoms with Gasteiger partial charge in [-0.1, -0.05) is 24.8 Å². The maximum absolute atomic E-state index is 12.2. The topological polar surface area (TPSA) is 69.6 Å². The summed E-state index contributed by atoms with van der Waals surface area (Å²) in [5.41, 5.74) is 4.66. The lowest BCUT2D eigenvalue weighted by atomic mass is 10.00. The lowest BCUT2D eigenvalue weighted by Gasteiger charge is -2.06. The highest BCUT2D eigenvalue weighted by molar-refractivity contribution is 5.84. The summed E-state index contributed by atoms with van der Waals surface area (Å²) in [6.45, 7) is 3.91. The fourth-order valence-electron chi connectivity index (χ4n) is 2.69. The first-order valence-corrected chi connectivity index (χ1v) is 7.10. The highest BCUT2D eigenvalue weighted by Crippen LogP contribution is 2.28. The normalized spacial score (nSPS) is 12.8. The first-order valence-electron chi connectivity index (χ1n) is 7.10. The highest BCUT2D eigenvalue weighted by Gasteiger charge is 2.15. The average Bonchev–Trinajstić information content (AvgIpc) is 2.81. The summed E-state index contributed by atoms with van der Waals surface area (Å²) in [6.07, 6.45) is 1.25. The fourth-order valence-corrected chi connectivity index (χ4v) is 2.69. The third kappa shape index (κ3) is 2.96. The van der Waals surface area contributed by atoms with Crippen molar-refractivity contribution in [1.29, 1.82) is 0 Å². The maximum Gasteiger partial charge on any atom is 0.141 e. The molecule has 4 heteroatoms. The van der Waals surface area contributed by atoms with E-state index in [-0.39, 0.29) is 23.7 Å². The molecule has 0 fully saturated rings. The molecule has 0 saturated carbocycles. The zero-order chi connectivity index (χ0) is 15.7. The predicted molar refractivity (Wildman–Crippen MR) is 85.1 cm³/mol. The lowest BCUT2D eigenvalue weighted by molar-refractivity contribution is -0.117. The number of hydrogen-bond donors (Lipinski definition) is 3. The molecule has 0 radical (unpaired) electrons. The van der Waals surface area contributed by atoms with Gasteiger partial charge in [0, 0.05) is 42.3 Å². The van der Waals surface area contributed by atoms with Gasteiger partial charge < -0.3 is 15.5 Å². The molecule has 0 aromatic heterocycles. The molecule has 2 aromatic rings. The molecular formula is C18H17NO3. The quantitative estimate of drug-likeness (QED) is 0.811. The largest absolute Gasteiger partial charge is 0.508 e. The third-order valence-corrected chi connectivity index (χ3v) is 3.74. The molecule has 22 heavy (non-hydrogen) atoms. The number of Topliss-reactive ketones (excluding diaryl/α,β-unsaturated/α-hetero) is 1. The van der Waals surface area contributed by atoms with Crippen LogP contribution in [0.2, 0.25) is 0 Å². The number of aromatic hydroxyl groups is 2. The van der Waals surface area contributed by atoms with E-state index in [4.69, 9.17) is 0 Å². The van der Waals surface area contributed by atoms with E-state index >= 15 is 0 Å². The number of carbonyl (C=O) groups excluding carboxylic acids is 1. The van der Waals surface area contributed by atoms with Crippen LogP contribution in [0.1, 0.15) is 16.7 Å². The number of phenolic OH excluding ortho intramolecular Hbond substituents is 2. The van der Waals surface area contributed by atoms with E-state index < -0.39 is 0 Å². The van der Waals surface area contributed by atoms with Gasteiger partial charge in [0.05, 0.1) is 0 Å². The van der Waals surface area contributed by atoms with E-state index in [0.29, 0.717) is 12.0 Å². The van der Waals surface area contributed by atoms with Crippen LogP contribution < -0.4 is 5.32 Å². The summed E-state index contributed by atoms with van der Waals surface area (Å²) in [7, 11) is 0. The second kappa shape index (κ2) is 5.56. The Hall–Kier alpha value is -2.75. The second-order valence-corrected chi connectivity index (χ2v) is 5.60. The zero-order valence-electron chi connectivity index (χ0n) is 12.1. The first kappa shape index (κ1) is 14.2. The number of ketones is 1. The fraction of sp³-hybridized carbons (Fsp3) is 0.167. The molecule has 3 N–H and O–H groups in total. The van der Waals surface area contributed by atoms with Crippen molar-refractivity contribution in [2.45, 2.75) is 19.3 Å². The zero-order valence-corrected chi connectivity index (χ0v) is 12.1. The van der Waals surface area contributed by atoms with Crippen molar-refractivity contribution in [2.75, 3.05) is 5.32 Å². The van der Waals surface area contributed by atoms with Crippen molar-refractivity contribution < 1.29 is 15.0 Å². The second-order valence-electron chi connectivity index (χ2n) is 5.60. The molecule has 0 spiro atoms. The molecule has 112 valence electrons. The molecule has 0 atom stereocenters. The lowest BCUT2D eigenvalue weighted by Crippen LogP contribution is -2.07. The summed E-state index contributed by atoms with van der Waals surface area (Å²) in [5.74, 6) is -0.0476.